The molecule has 0 aliphatic heterocycles. The van der Waals surface area contributed by atoms with Gasteiger partial charge in [-0.05, 0) is 36.5 Å². The van der Waals surface area contributed by atoms with Crippen LogP contribution in [-0.4, -0.2) is 0 Å². The highest BCUT2D eigenvalue weighted by molar-refractivity contribution is 6.30. The predicted molar refractivity (Wildman–Crippen MR) is 65.6 cm³/mol. The van der Waals surface area contributed by atoms with Crippen LogP contribution in [0.2, 0.25) is 5.02 Å². The zero-order chi connectivity index (χ0) is 11.3. The van der Waals surface area contributed by atoms with E-state index in [1.165, 1.54) is 0 Å². The van der Waals surface area contributed by atoms with Gasteiger partial charge in [-0.25, -0.2) is 0 Å². The summed E-state index contributed by atoms with van der Waals surface area (Å²) < 4.78 is 0. The van der Waals surface area contributed by atoms with Gasteiger partial charge in [0.1, 0.15) is 0 Å². The Bertz CT molecular complexity index is 299. The Morgan fingerprint density at radius 1 is 1.33 bits per heavy atom. The van der Waals surface area contributed by atoms with Crippen LogP contribution in [0.15, 0.2) is 24.3 Å². The average molecular weight is 227 g/mol. The number of benzene rings is 1. The Balaban J connectivity index is 2.65. The lowest BCUT2D eigenvalue weighted by Gasteiger charge is -2.17. The predicted octanol–water partition coefficient (Wildman–Crippen LogP) is 3.28. The summed E-state index contributed by atoms with van der Waals surface area (Å²) in [5.74, 6) is 6.24. The molecule has 0 saturated carbocycles. The van der Waals surface area contributed by atoms with Crippen molar-refractivity contribution in [1.82, 2.24) is 5.43 Å². The third-order valence-electron chi connectivity index (χ3n) is 2.48. The van der Waals surface area contributed by atoms with Gasteiger partial charge in [-0.2, -0.15) is 0 Å². The van der Waals surface area contributed by atoms with Crippen LogP contribution in [0.4, 0.5) is 0 Å². The van der Waals surface area contributed by atoms with E-state index in [1.54, 1.807) is 0 Å². The van der Waals surface area contributed by atoms with Crippen molar-refractivity contribution in [2.75, 3.05) is 0 Å². The molecule has 0 spiro atoms. The number of hydrazine groups is 1. The van der Waals surface area contributed by atoms with Gasteiger partial charge in [0, 0.05) is 11.1 Å². The monoisotopic (exact) mass is 226 g/mol. The van der Waals surface area contributed by atoms with Gasteiger partial charge < -0.3 is 0 Å². The lowest BCUT2D eigenvalue weighted by atomic mass is 9.98. The molecule has 0 fully saturated rings. The lowest BCUT2D eigenvalue weighted by Crippen LogP contribution is -2.28. The summed E-state index contributed by atoms with van der Waals surface area (Å²) in [6, 6.07) is 8.05. The van der Waals surface area contributed by atoms with Gasteiger partial charge in [-0.3, -0.25) is 11.3 Å². The summed E-state index contributed by atoms with van der Waals surface area (Å²) >= 11 is 5.94. The summed E-state index contributed by atoms with van der Waals surface area (Å²) in [4.78, 5) is 0. The van der Waals surface area contributed by atoms with E-state index < -0.39 is 0 Å². The topological polar surface area (TPSA) is 38.0 Å². The van der Waals surface area contributed by atoms with E-state index in [0.29, 0.717) is 5.92 Å². The fraction of sp³-hybridized carbons (Fsp3) is 0.500. The van der Waals surface area contributed by atoms with Gasteiger partial charge in [0.15, 0.2) is 0 Å². The molecule has 84 valence electrons. The van der Waals surface area contributed by atoms with Gasteiger partial charge in [-0.1, -0.05) is 37.6 Å². The molecule has 1 unspecified atom stereocenters. The van der Waals surface area contributed by atoms with Gasteiger partial charge in [0.05, 0.1) is 0 Å². The minimum absolute atomic E-state index is 0.200. The SMILES string of the molecule is CC(C)CCC(NN)c1cccc(Cl)c1. The molecule has 15 heavy (non-hydrogen) atoms. The molecule has 2 nitrogen and oxygen atoms in total. The van der Waals surface area contributed by atoms with Crippen molar-refractivity contribution in [3.05, 3.63) is 34.9 Å². The van der Waals surface area contributed by atoms with E-state index in [9.17, 15) is 0 Å². The molecule has 0 bridgehead atoms. The van der Waals surface area contributed by atoms with Gasteiger partial charge in [0.25, 0.3) is 0 Å². The summed E-state index contributed by atoms with van der Waals surface area (Å²) in [6.07, 6.45) is 2.19. The first kappa shape index (κ1) is 12.5. The highest BCUT2D eigenvalue weighted by atomic mass is 35.5. The molecule has 0 heterocycles. The van der Waals surface area contributed by atoms with E-state index in [0.717, 1.165) is 23.4 Å². The fourth-order valence-corrected chi connectivity index (χ4v) is 1.77. The van der Waals surface area contributed by atoms with E-state index in [4.69, 9.17) is 17.4 Å². The molecule has 0 aliphatic carbocycles. The standard InChI is InChI=1S/C12H19ClN2/c1-9(2)6-7-12(15-14)10-4-3-5-11(13)8-10/h3-5,8-9,12,15H,6-7,14H2,1-2H3. The first-order valence-corrected chi connectivity index (χ1v) is 5.73. The minimum Gasteiger partial charge on any atom is -0.271 e. The molecule has 0 aromatic heterocycles. The van der Waals surface area contributed by atoms with Crippen LogP contribution in [0.3, 0.4) is 0 Å². The summed E-state index contributed by atoms with van der Waals surface area (Å²) in [5.41, 5.74) is 4.00. The maximum Gasteiger partial charge on any atom is 0.0460 e. The molecule has 1 aromatic carbocycles. The zero-order valence-electron chi connectivity index (χ0n) is 9.33. The number of halogens is 1. The van der Waals surface area contributed by atoms with Crippen LogP contribution in [0.5, 0.6) is 0 Å². The summed E-state index contributed by atoms with van der Waals surface area (Å²) in [5, 5.41) is 0.761. The molecule has 0 saturated heterocycles. The van der Waals surface area contributed by atoms with Gasteiger partial charge >= 0.3 is 0 Å². The maximum absolute atomic E-state index is 5.94. The van der Waals surface area contributed by atoms with Crippen LogP contribution < -0.4 is 11.3 Å². The Morgan fingerprint density at radius 2 is 2.07 bits per heavy atom. The number of nitrogens with one attached hydrogen (secondary N) is 1. The van der Waals surface area contributed by atoms with E-state index in [1.807, 2.05) is 18.2 Å². The third kappa shape index (κ3) is 4.20. The Hall–Kier alpha value is -0.570. The number of hydrogen-bond donors (Lipinski definition) is 2. The van der Waals surface area contributed by atoms with Crippen LogP contribution in [0.25, 0.3) is 0 Å². The second-order valence-electron chi connectivity index (χ2n) is 4.25. The largest absolute Gasteiger partial charge is 0.271 e. The first-order chi connectivity index (χ1) is 7.13. The van der Waals surface area contributed by atoms with Crippen LogP contribution in [0, 0.1) is 5.92 Å². The molecule has 3 N–H and O–H groups in total. The highest BCUT2D eigenvalue weighted by Gasteiger charge is 2.10. The number of hydrogen-bond acceptors (Lipinski definition) is 2. The first-order valence-electron chi connectivity index (χ1n) is 5.35. The second kappa shape index (κ2) is 6.11. The van der Waals surface area contributed by atoms with Crippen molar-refractivity contribution in [3.63, 3.8) is 0 Å². The highest BCUT2D eigenvalue weighted by Crippen LogP contribution is 2.22. The number of nitrogens with two attached hydrogens (primary N) is 1. The Kier molecular flexibility index (Phi) is 5.09. The number of rotatable bonds is 5. The molecule has 1 rings (SSSR count). The Morgan fingerprint density at radius 3 is 2.60 bits per heavy atom. The molecule has 0 amide bonds. The quantitative estimate of drug-likeness (QED) is 0.597. The smallest absolute Gasteiger partial charge is 0.0460 e. The summed E-state index contributed by atoms with van der Waals surface area (Å²) in [6.45, 7) is 4.43. The van der Waals surface area contributed by atoms with Crippen molar-refractivity contribution in [2.45, 2.75) is 32.7 Å². The molecule has 1 atom stereocenters. The average Bonchev–Trinajstić information content (AvgIpc) is 2.18. The molecular formula is C12H19ClN2. The van der Waals surface area contributed by atoms with Crippen molar-refractivity contribution in [1.29, 1.82) is 0 Å². The fourth-order valence-electron chi connectivity index (χ4n) is 1.57. The summed E-state index contributed by atoms with van der Waals surface area (Å²) in [7, 11) is 0. The van der Waals surface area contributed by atoms with Crippen LogP contribution >= 0.6 is 11.6 Å². The van der Waals surface area contributed by atoms with Crippen molar-refractivity contribution in [2.24, 2.45) is 11.8 Å². The minimum atomic E-state index is 0.200. The van der Waals surface area contributed by atoms with Crippen molar-refractivity contribution in [3.8, 4) is 0 Å². The van der Waals surface area contributed by atoms with Crippen LogP contribution in [0.1, 0.15) is 38.3 Å². The van der Waals surface area contributed by atoms with Gasteiger partial charge in [-0.15, -0.1) is 0 Å². The van der Waals surface area contributed by atoms with Crippen LogP contribution in [-0.2, 0) is 0 Å². The molecule has 1 aromatic rings. The van der Waals surface area contributed by atoms with E-state index in [2.05, 4.69) is 25.3 Å². The molecule has 0 radical (unpaired) electrons. The molecule has 3 heteroatoms. The third-order valence-corrected chi connectivity index (χ3v) is 2.72. The van der Waals surface area contributed by atoms with Crippen molar-refractivity contribution < 1.29 is 0 Å². The second-order valence-corrected chi connectivity index (χ2v) is 4.68. The Labute approximate surface area is 96.8 Å². The normalized spacial score (nSPS) is 13.1. The molecular weight excluding hydrogens is 208 g/mol. The maximum atomic E-state index is 5.94. The van der Waals surface area contributed by atoms with E-state index in [-0.39, 0.29) is 6.04 Å². The van der Waals surface area contributed by atoms with Gasteiger partial charge in [0.2, 0.25) is 0 Å². The lowest BCUT2D eigenvalue weighted by molar-refractivity contribution is 0.448. The molecule has 0 aliphatic rings. The van der Waals surface area contributed by atoms with E-state index >= 15 is 0 Å². The van der Waals surface area contributed by atoms with Crippen molar-refractivity contribution >= 4 is 11.6 Å². The zero-order valence-corrected chi connectivity index (χ0v) is 10.1.